The predicted molar refractivity (Wildman–Crippen MR) is 93.5 cm³/mol. The number of benzene rings is 2. The van der Waals surface area contributed by atoms with Crippen molar-refractivity contribution in [1.29, 1.82) is 5.26 Å². The van der Waals surface area contributed by atoms with Gasteiger partial charge >= 0.3 is 0 Å². The molecule has 114 valence electrons. The number of halogens is 1. The lowest BCUT2D eigenvalue weighted by atomic mass is 9.97. The Kier molecular flexibility index (Phi) is 6.33. The first-order chi connectivity index (χ1) is 10.6. The molecule has 2 nitrogen and oxygen atoms in total. The van der Waals surface area contributed by atoms with E-state index in [4.69, 9.17) is 11.6 Å². The summed E-state index contributed by atoms with van der Waals surface area (Å²) in [6, 6.07) is 18.4. The van der Waals surface area contributed by atoms with Crippen LogP contribution in [0.25, 0.3) is 0 Å². The van der Waals surface area contributed by atoms with Gasteiger partial charge in [-0.2, -0.15) is 5.26 Å². The Morgan fingerprint density at radius 3 is 2.45 bits per heavy atom. The number of nitriles is 1. The molecular weight excluding hydrogens is 312 g/mol. The average molecular weight is 331 g/mol. The highest BCUT2D eigenvalue weighted by Crippen LogP contribution is 2.35. The topological polar surface area (TPSA) is 27.0 Å². The van der Waals surface area contributed by atoms with Crippen LogP contribution in [0.2, 0.25) is 5.02 Å². The molecule has 0 fully saturated rings. The van der Waals surface area contributed by atoms with Crippen LogP contribution in [0, 0.1) is 11.3 Å². The third kappa shape index (κ3) is 4.78. The van der Waals surface area contributed by atoms with Crippen LogP contribution in [-0.2, 0) is 0 Å². The first-order valence-electron chi connectivity index (χ1n) is 7.17. The molecule has 22 heavy (non-hydrogen) atoms. The van der Waals surface area contributed by atoms with Crippen LogP contribution >= 0.6 is 23.4 Å². The Bertz CT molecular complexity index is 647. The summed E-state index contributed by atoms with van der Waals surface area (Å²) in [6.45, 7) is 0.901. The van der Waals surface area contributed by atoms with Gasteiger partial charge in [-0.1, -0.05) is 41.6 Å². The second kappa shape index (κ2) is 8.24. The van der Waals surface area contributed by atoms with Crippen LogP contribution in [0.5, 0.6) is 0 Å². The highest BCUT2D eigenvalue weighted by molar-refractivity contribution is 7.99. The third-order valence-corrected chi connectivity index (χ3v) is 4.71. The molecule has 0 aromatic heterocycles. The Morgan fingerprint density at radius 1 is 1.14 bits per heavy atom. The van der Waals surface area contributed by atoms with Crippen molar-refractivity contribution in [2.24, 2.45) is 0 Å². The van der Waals surface area contributed by atoms with E-state index in [1.54, 1.807) is 11.8 Å². The second-order valence-corrected chi connectivity index (χ2v) is 6.92. The number of hydrogen-bond acceptors (Lipinski definition) is 3. The molecule has 2 aromatic rings. The molecule has 0 spiro atoms. The van der Waals surface area contributed by atoms with E-state index in [-0.39, 0.29) is 5.92 Å². The van der Waals surface area contributed by atoms with Crippen LogP contribution in [0.15, 0.2) is 58.3 Å². The van der Waals surface area contributed by atoms with Gasteiger partial charge in [0, 0.05) is 14.8 Å². The van der Waals surface area contributed by atoms with Crippen molar-refractivity contribution in [1.82, 2.24) is 4.90 Å². The Labute approximate surface area is 141 Å². The van der Waals surface area contributed by atoms with Crippen molar-refractivity contribution in [2.75, 3.05) is 20.6 Å². The smallest absolute Gasteiger partial charge is 0.0735 e. The first kappa shape index (κ1) is 16.9. The third-order valence-electron chi connectivity index (χ3n) is 3.36. The summed E-state index contributed by atoms with van der Waals surface area (Å²) in [4.78, 5) is 4.37. The molecule has 2 aromatic carbocycles. The number of hydrogen-bond donors (Lipinski definition) is 0. The number of nitrogens with zero attached hydrogens (tertiary/aromatic N) is 2. The fourth-order valence-electron chi connectivity index (χ4n) is 2.17. The molecule has 0 saturated carbocycles. The van der Waals surface area contributed by atoms with Crippen LogP contribution in [0.1, 0.15) is 17.9 Å². The van der Waals surface area contributed by atoms with Crippen LogP contribution in [0.3, 0.4) is 0 Å². The molecule has 0 bridgehead atoms. The van der Waals surface area contributed by atoms with Gasteiger partial charge in [-0.15, -0.1) is 0 Å². The maximum absolute atomic E-state index is 9.52. The molecule has 0 unspecified atom stereocenters. The minimum Gasteiger partial charge on any atom is -0.309 e. The van der Waals surface area contributed by atoms with Crippen LogP contribution < -0.4 is 0 Å². The minimum absolute atomic E-state index is 0.0848. The zero-order chi connectivity index (χ0) is 15.9. The highest BCUT2D eigenvalue weighted by atomic mass is 35.5. The molecule has 0 aliphatic heterocycles. The summed E-state index contributed by atoms with van der Waals surface area (Å²) in [5.41, 5.74) is 1.10. The SMILES string of the molecule is CN(C)CC[C@@H](C#N)c1ccccc1Sc1ccc(Cl)cc1. The predicted octanol–water partition coefficient (Wildman–Crippen LogP) is 5.05. The quantitative estimate of drug-likeness (QED) is 0.741. The first-order valence-corrected chi connectivity index (χ1v) is 8.36. The van der Waals surface area contributed by atoms with Crippen molar-refractivity contribution < 1.29 is 0 Å². The molecule has 0 radical (unpaired) electrons. The summed E-state index contributed by atoms with van der Waals surface area (Å²) >= 11 is 7.61. The van der Waals surface area contributed by atoms with Crippen molar-refractivity contribution in [3.63, 3.8) is 0 Å². The van der Waals surface area contributed by atoms with Gasteiger partial charge in [0.1, 0.15) is 0 Å². The summed E-state index contributed by atoms with van der Waals surface area (Å²) in [6.07, 6.45) is 0.835. The summed E-state index contributed by atoms with van der Waals surface area (Å²) in [7, 11) is 4.06. The molecule has 0 aliphatic rings. The van der Waals surface area contributed by atoms with Gasteiger partial charge in [0.2, 0.25) is 0 Å². The van der Waals surface area contributed by atoms with E-state index in [0.717, 1.165) is 33.3 Å². The van der Waals surface area contributed by atoms with E-state index in [1.807, 2.05) is 50.5 Å². The Balaban J connectivity index is 2.21. The van der Waals surface area contributed by atoms with Crippen molar-refractivity contribution in [3.8, 4) is 6.07 Å². The highest BCUT2D eigenvalue weighted by Gasteiger charge is 2.15. The molecule has 0 saturated heterocycles. The summed E-state index contributed by atoms with van der Waals surface area (Å²) < 4.78 is 0. The molecule has 0 aliphatic carbocycles. The zero-order valence-corrected chi connectivity index (χ0v) is 14.4. The fraction of sp³-hybridized carbons (Fsp3) is 0.278. The summed E-state index contributed by atoms with van der Waals surface area (Å²) in [5.74, 6) is -0.0848. The van der Waals surface area contributed by atoms with E-state index >= 15 is 0 Å². The summed E-state index contributed by atoms with van der Waals surface area (Å²) in [5, 5.41) is 10.3. The molecule has 0 amide bonds. The molecule has 2 rings (SSSR count). The van der Waals surface area contributed by atoms with Gasteiger partial charge in [0.25, 0.3) is 0 Å². The molecule has 1 atom stereocenters. The van der Waals surface area contributed by atoms with Gasteiger partial charge in [-0.25, -0.2) is 0 Å². The van der Waals surface area contributed by atoms with Gasteiger partial charge in [-0.05, 0) is 63.0 Å². The molecule has 0 heterocycles. The molecular formula is C18H19ClN2S. The molecule has 0 N–H and O–H groups in total. The Hall–Kier alpha value is -1.47. The lowest BCUT2D eigenvalue weighted by Crippen LogP contribution is -2.15. The van der Waals surface area contributed by atoms with Gasteiger partial charge < -0.3 is 4.90 Å². The normalized spacial score (nSPS) is 12.1. The minimum atomic E-state index is -0.0848. The second-order valence-electron chi connectivity index (χ2n) is 5.37. The van der Waals surface area contributed by atoms with E-state index < -0.39 is 0 Å². The van der Waals surface area contributed by atoms with Crippen molar-refractivity contribution >= 4 is 23.4 Å². The Morgan fingerprint density at radius 2 is 1.82 bits per heavy atom. The monoisotopic (exact) mass is 330 g/mol. The fourth-order valence-corrected chi connectivity index (χ4v) is 3.29. The lowest BCUT2D eigenvalue weighted by Gasteiger charge is -2.16. The van der Waals surface area contributed by atoms with Gasteiger partial charge in [0.15, 0.2) is 0 Å². The zero-order valence-electron chi connectivity index (χ0n) is 12.8. The van der Waals surface area contributed by atoms with E-state index in [9.17, 15) is 5.26 Å². The van der Waals surface area contributed by atoms with E-state index in [1.165, 1.54) is 0 Å². The lowest BCUT2D eigenvalue weighted by molar-refractivity contribution is 0.393. The van der Waals surface area contributed by atoms with Gasteiger partial charge in [0.05, 0.1) is 12.0 Å². The standard InChI is InChI=1S/C18H19ClN2S/c1-21(2)12-11-14(13-20)17-5-3-4-6-18(17)22-16-9-7-15(19)8-10-16/h3-10,14H,11-12H2,1-2H3/t14-/m0/s1. The maximum atomic E-state index is 9.52. The van der Waals surface area contributed by atoms with Crippen LogP contribution in [-0.4, -0.2) is 25.5 Å². The van der Waals surface area contributed by atoms with E-state index in [2.05, 4.69) is 23.1 Å². The average Bonchev–Trinajstić information content (AvgIpc) is 2.51. The van der Waals surface area contributed by atoms with Crippen molar-refractivity contribution in [3.05, 3.63) is 59.1 Å². The molecule has 4 heteroatoms. The van der Waals surface area contributed by atoms with Crippen LogP contribution in [0.4, 0.5) is 0 Å². The largest absolute Gasteiger partial charge is 0.309 e. The van der Waals surface area contributed by atoms with Crippen molar-refractivity contribution in [2.45, 2.75) is 22.1 Å². The maximum Gasteiger partial charge on any atom is 0.0735 e. The number of rotatable bonds is 6. The van der Waals surface area contributed by atoms with Gasteiger partial charge in [-0.3, -0.25) is 0 Å². The van der Waals surface area contributed by atoms with E-state index in [0.29, 0.717) is 0 Å².